The smallest absolute Gasteiger partial charge is 0.218 e. The van der Waals surface area contributed by atoms with E-state index in [1.807, 2.05) is 12.1 Å². The van der Waals surface area contributed by atoms with Gasteiger partial charge in [-0.25, -0.2) is 4.99 Å². The zero-order chi connectivity index (χ0) is 15.6. The maximum absolute atomic E-state index is 5.82. The Morgan fingerprint density at radius 3 is 2.41 bits per heavy atom. The molecule has 0 aromatic heterocycles. The van der Waals surface area contributed by atoms with Gasteiger partial charge >= 0.3 is 0 Å². The lowest BCUT2D eigenvalue weighted by atomic mass is 10.1. The molecule has 1 aliphatic heterocycles. The summed E-state index contributed by atoms with van der Waals surface area (Å²) in [5.74, 6) is 0.750. The Hall–Kier alpha value is -2.29. The lowest BCUT2D eigenvalue weighted by molar-refractivity contribution is 0.279. The van der Waals surface area contributed by atoms with Crippen molar-refractivity contribution in [1.29, 1.82) is 0 Å². The lowest BCUT2D eigenvalue weighted by Gasteiger charge is -2.22. The van der Waals surface area contributed by atoms with Gasteiger partial charge in [-0.1, -0.05) is 42.5 Å². The largest absolute Gasteiger partial charge is 0.475 e. The lowest BCUT2D eigenvalue weighted by Crippen LogP contribution is -2.19. The number of aliphatic imine (C=N–C) groups is 1. The van der Waals surface area contributed by atoms with Gasteiger partial charge < -0.3 is 9.64 Å². The highest BCUT2D eigenvalue weighted by molar-refractivity contribution is 6.00. The van der Waals surface area contributed by atoms with Crippen LogP contribution in [0.15, 0.2) is 59.6 Å². The molecule has 0 saturated heterocycles. The molecule has 0 spiro atoms. The number of nitrogens with zero attached hydrogens (tertiary/aromatic N) is 2. The van der Waals surface area contributed by atoms with Crippen LogP contribution in [0.5, 0.6) is 0 Å². The fraction of sp³-hybridized carbons (Fsp3) is 0.316. The van der Waals surface area contributed by atoms with E-state index in [1.54, 1.807) is 0 Å². The third-order valence-corrected chi connectivity index (χ3v) is 3.77. The quantitative estimate of drug-likeness (QED) is 0.855. The van der Waals surface area contributed by atoms with Crippen molar-refractivity contribution >= 4 is 11.6 Å². The molecule has 114 valence electrons. The Kier molecular flexibility index (Phi) is 3.88. The van der Waals surface area contributed by atoms with E-state index in [9.17, 15) is 0 Å². The van der Waals surface area contributed by atoms with Gasteiger partial charge in [0.05, 0.1) is 11.1 Å². The molecule has 0 radical (unpaired) electrons. The molecule has 3 nitrogen and oxygen atoms in total. The number of hydrogen-bond acceptors (Lipinski definition) is 3. The SMILES string of the molecule is CN(Cc1ccccc1)c1ccccc1C1=NC(C)(C)CO1. The summed E-state index contributed by atoms with van der Waals surface area (Å²) < 4.78 is 5.82. The first-order valence-electron chi connectivity index (χ1n) is 7.62. The second kappa shape index (κ2) is 5.84. The van der Waals surface area contributed by atoms with Gasteiger partial charge in [0.15, 0.2) is 0 Å². The molecule has 1 aliphatic rings. The molecule has 3 rings (SSSR count). The summed E-state index contributed by atoms with van der Waals surface area (Å²) >= 11 is 0. The third kappa shape index (κ3) is 3.14. The van der Waals surface area contributed by atoms with Crippen LogP contribution in [0.3, 0.4) is 0 Å². The summed E-state index contributed by atoms with van der Waals surface area (Å²) in [6, 6.07) is 18.8. The van der Waals surface area contributed by atoms with Crippen molar-refractivity contribution in [2.24, 2.45) is 4.99 Å². The van der Waals surface area contributed by atoms with E-state index in [1.165, 1.54) is 5.56 Å². The highest BCUT2D eigenvalue weighted by Crippen LogP contribution is 2.27. The first kappa shape index (κ1) is 14.6. The second-order valence-electron chi connectivity index (χ2n) is 6.38. The van der Waals surface area contributed by atoms with Gasteiger partial charge in [0.25, 0.3) is 0 Å². The van der Waals surface area contributed by atoms with Crippen molar-refractivity contribution in [1.82, 2.24) is 0 Å². The van der Waals surface area contributed by atoms with Crippen molar-refractivity contribution in [3.63, 3.8) is 0 Å². The Morgan fingerprint density at radius 2 is 1.73 bits per heavy atom. The second-order valence-corrected chi connectivity index (χ2v) is 6.38. The van der Waals surface area contributed by atoms with E-state index in [-0.39, 0.29) is 5.54 Å². The minimum absolute atomic E-state index is 0.138. The van der Waals surface area contributed by atoms with E-state index in [0.29, 0.717) is 6.61 Å². The van der Waals surface area contributed by atoms with Crippen LogP contribution < -0.4 is 4.90 Å². The average Bonchev–Trinajstić information content (AvgIpc) is 2.88. The minimum Gasteiger partial charge on any atom is -0.475 e. The standard InChI is InChI=1S/C19H22N2O/c1-19(2)14-22-18(20-19)16-11-7-8-12-17(16)21(3)13-15-9-5-4-6-10-15/h4-12H,13-14H2,1-3H3. The van der Waals surface area contributed by atoms with Crippen LogP contribution in [-0.2, 0) is 11.3 Å². The molecule has 0 amide bonds. The fourth-order valence-electron chi connectivity index (χ4n) is 2.65. The molecular formula is C19H22N2O. The van der Waals surface area contributed by atoms with Crippen LogP contribution in [-0.4, -0.2) is 25.1 Å². The van der Waals surface area contributed by atoms with Gasteiger partial charge in [-0.15, -0.1) is 0 Å². The number of para-hydroxylation sites is 1. The highest BCUT2D eigenvalue weighted by atomic mass is 16.5. The summed E-state index contributed by atoms with van der Waals surface area (Å²) in [4.78, 5) is 6.95. The van der Waals surface area contributed by atoms with Crippen LogP contribution in [0.4, 0.5) is 5.69 Å². The molecule has 0 aliphatic carbocycles. The zero-order valence-electron chi connectivity index (χ0n) is 13.4. The van der Waals surface area contributed by atoms with Crippen LogP contribution >= 0.6 is 0 Å². The maximum atomic E-state index is 5.82. The molecule has 0 bridgehead atoms. The molecular weight excluding hydrogens is 272 g/mol. The van der Waals surface area contributed by atoms with Crippen molar-refractivity contribution in [3.8, 4) is 0 Å². The van der Waals surface area contributed by atoms with Crippen LogP contribution in [0.1, 0.15) is 25.0 Å². The monoisotopic (exact) mass is 294 g/mol. The number of rotatable bonds is 4. The molecule has 2 aromatic rings. The summed E-state index contributed by atoms with van der Waals surface area (Å²) in [5, 5.41) is 0. The van der Waals surface area contributed by atoms with E-state index < -0.39 is 0 Å². The topological polar surface area (TPSA) is 24.8 Å². The molecule has 0 saturated carbocycles. The zero-order valence-corrected chi connectivity index (χ0v) is 13.4. The van der Waals surface area contributed by atoms with Crippen LogP contribution in [0.2, 0.25) is 0 Å². The highest BCUT2D eigenvalue weighted by Gasteiger charge is 2.28. The first-order valence-corrected chi connectivity index (χ1v) is 7.62. The van der Waals surface area contributed by atoms with Gasteiger partial charge in [0.2, 0.25) is 5.90 Å². The molecule has 22 heavy (non-hydrogen) atoms. The molecule has 0 atom stereocenters. The summed E-state index contributed by atoms with van der Waals surface area (Å²) in [5.41, 5.74) is 3.35. The van der Waals surface area contributed by atoms with E-state index >= 15 is 0 Å². The molecule has 0 unspecified atom stereocenters. The van der Waals surface area contributed by atoms with Gasteiger partial charge in [-0.3, -0.25) is 0 Å². The molecule has 2 aromatic carbocycles. The Morgan fingerprint density at radius 1 is 1.05 bits per heavy atom. The van der Waals surface area contributed by atoms with Crippen molar-refractivity contribution in [2.45, 2.75) is 25.9 Å². The Bertz CT molecular complexity index is 677. The van der Waals surface area contributed by atoms with Crippen molar-refractivity contribution in [3.05, 3.63) is 65.7 Å². The van der Waals surface area contributed by atoms with Gasteiger partial charge in [-0.05, 0) is 31.5 Å². The molecule has 3 heteroatoms. The normalized spacial score (nSPS) is 16.0. The molecule has 0 fully saturated rings. The van der Waals surface area contributed by atoms with Gasteiger partial charge in [0.1, 0.15) is 6.61 Å². The van der Waals surface area contributed by atoms with Crippen molar-refractivity contribution < 1.29 is 4.74 Å². The predicted molar refractivity (Wildman–Crippen MR) is 91.6 cm³/mol. The van der Waals surface area contributed by atoms with Crippen LogP contribution in [0, 0.1) is 0 Å². The summed E-state index contributed by atoms with van der Waals surface area (Å²) in [7, 11) is 2.10. The Balaban J connectivity index is 1.88. The maximum Gasteiger partial charge on any atom is 0.218 e. The fourth-order valence-corrected chi connectivity index (χ4v) is 2.65. The van der Waals surface area contributed by atoms with E-state index in [2.05, 4.69) is 68.3 Å². The third-order valence-electron chi connectivity index (χ3n) is 3.77. The van der Waals surface area contributed by atoms with E-state index in [0.717, 1.165) is 23.7 Å². The number of ether oxygens (including phenoxy) is 1. The number of benzene rings is 2. The van der Waals surface area contributed by atoms with Crippen molar-refractivity contribution in [2.75, 3.05) is 18.6 Å². The van der Waals surface area contributed by atoms with Gasteiger partial charge in [0, 0.05) is 19.3 Å². The summed E-state index contributed by atoms with van der Waals surface area (Å²) in [6.45, 7) is 5.68. The Labute approximate surface area is 132 Å². The molecule has 0 N–H and O–H groups in total. The van der Waals surface area contributed by atoms with Gasteiger partial charge in [-0.2, -0.15) is 0 Å². The predicted octanol–water partition coefficient (Wildman–Crippen LogP) is 3.88. The minimum atomic E-state index is -0.138. The van der Waals surface area contributed by atoms with Crippen LogP contribution in [0.25, 0.3) is 0 Å². The average molecular weight is 294 g/mol. The first-order chi connectivity index (χ1) is 10.6. The number of hydrogen-bond donors (Lipinski definition) is 0. The summed E-state index contributed by atoms with van der Waals surface area (Å²) in [6.07, 6.45) is 0. The van der Waals surface area contributed by atoms with E-state index in [4.69, 9.17) is 9.73 Å². The molecule has 1 heterocycles. The number of anilines is 1.